The quantitative estimate of drug-likeness (QED) is 0.644. The number of nitrogens with one attached hydrogen (secondary N) is 1. The number of thioether (sulfide) groups is 1. The summed E-state index contributed by atoms with van der Waals surface area (Å²) in [7, 11) is 0. The minimum atomic E-state index is -0.862. The fraction of sp³-hybridized carbons (Fsp3) is 0.500. The molecule has 0 spiro atoms. The van der Waals surface area contributed by atoms with Gasteiger partial charge in [-0.15, -0.1) is 11.8 Å². The van der Waals surface area contributed by atoms with Crippen molar-refractivity contribution in [2.45, 2.75) is 56.8 Å². The number of hydrogen-bond acceptors (Lipinski definition) is 4. The third kappa shape index (κ3) is 6.17. The van der Waals surface area contributed by atoms with Gasteiger partial charge in [-0.1, -0.05) is 6.92 Å². The first-order chi connectivity index (χ1) is 10.5. The van der Waals surface area contributed by atoms with Gasteiger partial charge in [-0.2, -0.15) is 0 Å². The molecule has 1 amide bonds. The molecule has 0 fully saturated rings. The summed E-state index contributed by atoms with van der Waals surface area (Å²) in [5.41, 5.74) is -0.759. The number of carbonyl (C=O) groups is 2. The maximum Gasteiger partial charge on any atom is 0.319 e. The molecule has 0 saturated heterocycles. The zero-order chi connectivity index (χ0) is 17.8. The molecule has 0 aliphatic heterocycles. The topological polar surface area (TPSA) is 55.4 Å². The molecule has 0 saturated carbocycles. The normalized spacial score (nSPS) is 12.7. The fourth-order valence-corrected chi connectivity index (χ4v) is 2.46. The Balaban J connectivity index is 2.93. The first kappa shape index (κ1) is 19.4. The molecule has 1 atom stereocenters. The summed E-state index contributed by atoms with van der Waals surface area (Å²) in [6, 6.07) is 1.87. The first-order valence-corrected chi connectivity index (χ1v) is 8.10. The molecule has 1 rings (SSSR count). The van der Waals surface area contributed by atoms with Crippen molar-refractivity contribution in [2.75, 3.05) is 5.32 Å². The van der Waals surface area contributed by atoms with Crippen molar-refractivity contribution in [1.29, 1.82) is 0 Å². The number of rotatable bonds is 5. The van der Waals surface area contributed by atoms with Gasteiger partial charge in [0.05, 0.1) is 5.69 Å². The lowest BCUT2D eigenvalue weighted by atomic mass is 10.2. The van der Waals surface area contributed by atoms with Gasteiger partial charge in [0.1, 0.15) is 22.5 Å². The largest absolute Gasteiger partial charge is 0.459 e. The van der Waals surface area contributed by atoms with E-state index in [2.05, 4.69) is 5.32 Å². The number of ether oxygens (including phenoxy) is 1. The monoisotopic (exact) mass is 345 g/mol. The van der Waals surface area contributed by atoms with Crippen LogP contribution < -0.4 is 5.32 Å². The van der Waals surface area contributed by atoms with Crippen molar-refractivity contribution >= 4 is 29.3 Å². The maximum absolute atomic E-state index is 13.9. The van der Waals surface area contributed by atoms with Gasteiger partial charge in [-0.05, 0) is 33.8 Å². The van der Waals surface area contributed by atoms with E-state index in [0.29, 0.717) is 6.07 Å². The number of esters is 1. The summed E-state index contributed by atoms with van der Waals surface area (Å²) < 4.78 is 32.8. The third-order valence-corrected chi connectivity index (χ3v) is 3.77. The summed E-state index contributed by atoms with van der Waals surface area (Å²) in [6.07, 6.45) is 0.174. The number of anilines is 1. The van der Waals surface area contributed by atoms with Gasteiger partial charge >= 0.3 is 5.97 Å². The van der Waals surface area contributed by atoms with E-state index in [1.807, 2.05) is 0 Å². The average Bonchev–Trinajstić information content (AvgIpc) is 2.41. The average molecular weight is 345 g/mol. The summed E-state index contributed by atoms with van der Waals surface area (Å²) in [5.74, 6) is -2.53. The minimum absolute atomic E-state index is 0.0659. The molecule has 0 heterocycles. The molecular weight excluding hydrogens is 324 g/mol. The van der Waals surface area contributed by atoms with E-state index in [9.17, 15) is 18.4 Å². The standard InChI is InChI=1S/C16H21F2NO3S/c1-6-14(20)19-12-8-13(11(18)7-10(12)17)23-9(2)15(21)22-16(3,4)5/h7-9H,6H2,1-5H3,(H,19,20). The Morgan fingerprint density at radius 3 is 2.39 bits per heavy atom. The lowest BCUT2D eigenvalue weighted by Gasteiger charge is -2.22. The number of carbonyl (C=O) groups excluding carboxylic acids is 2. The highest BCUT2D eigenvalue weighted by atomic mass is 32.2. The Kier molecular flexibility index (Phi) is 6.56. The molecule has 0 aliphatic rings. The van der Waals surface area contributed by atoms with Crippen LogP contribution in [0.4, 0.5) is 14.5 Å². The zero-order valence-corrected chi connectivity index (χ0v) is 14.6. The SMILES string of the molecule is CCC(=O)Nc1cc(SC(C)C(=O)OC(C)(C)C)c(F)cc1F. The van der Waals surface area contributed by atoms with Crippen LogP contribution in [-0.2, 0) is 14.3 Å². The predicted octanol–water partition coefficient (Wildman–Crippen LogP) is 4.14. The number of hydrogen-bond donors (Lipinski definition) is 1. The van der Waals surface area contributed by atoms with Crippen LogP contribution >= 0.6 is 11.8 Å². The molecule has 4 nitrogen and oxygen atoms in total. The van der Waals surface area contributed by atoms with Gasteiger partial charge < -0.3 is 10.1 Å². The molecule has 7 heteroatoms. The first-order valence-electron chi connectivity index (χ1n) is 7.22. The second kappa shape index (κ2) is 7.77. The van der Waals surface area contributed by atoms with E-state index >= 15 is 0 Å². The van der Waals surface area contributed by atoms with Crippen LogP contribution in [0.2, 0.25) is 0 Å². The summed E-state index contributed by atoms with van der Waals surface area (Å²) in [5, 5.41) is 1.68. The van der Waals surface area contributed by atoms with Gasteiger partial charge in [0.15, 0.2) is 0 Å². The van der Waals surface area contributed by atoms with Crippen LogP contribution in [0.5, 0.6) is 0 Å². The minimum Gasteiger partial charge on any atom is -0.459 e. The zero-order valence-electron chi connectivity index (χ0n) is 13.8. The molecule has 1 aromatic rings. The molecule has 23 heavy (non-hydrogen) atoms. The third-order valence-electron chi connectivity index (χ3n) is 2.66. The van der Waals surface area contributed by atoms with E-state index < -0.39 is 28.5 Å². The van der Waals surface area contributed by atoms with Gasteiger partial charge in [0.2, 0.25) is 5.91 Å². The Hall–Kier alpha value is -1.63. The van der Waals surface area contributed by atoms with Crippen LogP contribution in [0.15, 0.2) is 17.0 Å². The van der Waals surface area contributed by atoms with E-state index in [-0.39, 0.29) is 22.9 Å². The second-order valence-electron chi connectivity index (χ2n) is 5.96. The van der Waals surface area contributed by atoms with Gasteiger partial charge in [-0.25, -0.2) is 8.78 Å². The number of halogens is 2. The maximum atomic E-state index is 13.9. The van der Waals surface area contributed by atoms with Crippen molar-refractivity contribution in [3.05, 3.63) is 23.8 Å². The van der Waals surface area contributed by atoms with Crippen molar-refractivity contribution in [2.24, 2.45) is 0 Å². The van der Waals surface area contributed by atoms with Crippen LogP contribution in [-0.4, -0.2) is 22.7 Å². The van der Waals surface area contributed by atoms with Crippen molar-refractivity contribution in [3.63, 3.8) is 0 Å². The molecule has 1 N–H and O–H groups in total. The van der Waals surface area contributed by atoms with Crippen molar-refractivity contribution in [1.82, 2.24) is 0 Å². The number of benzene rings is 1. The highest BCUT2D eigenvalue weighted by Crippen LogP contribution is 2.31. The molecule has 1 unspecified atom stereocenters. The lowest BCUT2D eigenvalue weighted by Crippen LogP contribution is -2.28. The van der Waals surface area contributed by atoms with E-state index in [1.165, 1.54) is 6.07 Å². The van der Waals surface area contributed by atoms with Crippen LogP contribution in [0, 0.1) is 11.6 Å². The molecule has 1 aromatic carbocycles. The molecule has 0 aliphatic carbocycles. The Labute approximate surface area is 139 Å². The smallest absolute Gasteiger partial charge is 0.319 e. The molecular formula is C16H21F2NO3S. The summed E-state index contributed by atoms with van der Waals surface area (Å²) >= 11 is 0.909. The summed E-state index contributed by atoms with van der Waals surface area (Å²) in [4.78, 5) is 23.4. The van der Waals surface area contributed by atoms with Crippen LogP contribution in [0.1, 0.15) is 41.0 Å². The van der Waals surface area contributed by atoms with E-state index in [4.69, 9.17) is 4.74 Å². The Bertz CT molecular complexity index is 600. The van der Waals surface area contributed by atoms with Gasteiger partial charge in [-0.3, -0.25) is 9.59 Å². The van der Waals surface area contributed by atoms with Gasteiger partial charge in [0, 0.05) is 17.4 Å². The molecule has 0 bridgehead atoms. The van der Waals surface area contributed by atoms with E-state index in [1.54, 1.807) is 34.6 Å². The highest BCUT2D eigenvalue weighted by molar-refractivity contribution is 8.00. The number of amides is 1. The second-order valence-corrected chi connectivity index (χ2v) is 7.34. The predicted molar refractivity (Wildman–Crippen MR) is 86.4 cm³/mol. The van der Waals surface area contributed by atoms with E-state index in [0.717, 1.165) is 11.8 Å². The molecule has 128 valence electrons. The van der Waals surface area contributed by atoms with Gasteiger partial charge in [0.25, 0.3) is 0 Å². The fourth-order valence-electron chi connectivity index (χ4n) is 1.58. The molecule has 0 aromatic heterocycles. The lowest BCUT2D eigenvalue weighted by molar-refractivity contribution is -0.153. The van der Waals surface area contributed by atoms with Crippen molar-refractivity contribution < 1.29 is 23.1 Å². The summed E-state index contributed by atoms with van der Waals surface area (Å²) in [6.45, 7) is 8.40. The van der Waals surface area contributed by atoms with Crippen molar-refractivity contribution in [3.8, 4) is 0 Å². The van der Waals surface area contributed by atoms with Crippen LogP contribution in [0.25, 0.3) is 0 Å². The van der Waals surface area contributed by atoms with Crippen LogP contribution in [0.3, 0.4) is 0 Å². The highest BCUT2D eigenvalue weighted by Gasteiger charge is 2.24. The molecule has 0 radical (unpaired) electrons. The Morgan fingerprint density at radius 1 is 1.26 bits per heavy atom. The Morgan fingerprint density at radius 2 is 1.87 bits per heavy atom.